The SMILES string of the molecule is CCCC(C)C=P. The summed E-state index contributed by atoms with van der Waals surface area (Å²) < 4.78 is 0. The fourth-order valence-electron chi connectivity index (χ4n) is 0.539. The molecule has 0 radical (unpaired) electrons. The summed E-state index contributed by atoms with van der Waals surface area (Å²) in [5, 5.41) is 0. The van der Waals surface area contributed by atoms with E-state index in [1.807, 2.05) is 0 Å². The van der Waals surface area contributed by atoms with Crippen LogP contribution in [-0.4, -0.2) is 5.80 Å². The van der Waals surface area contributed by atoms with Gasteiger partial charge in [-0.15, -0.1) is 8.86 Å². The zero-order valence-electron chi connectivity index (χ0n) is 5.07. The van der Waals surface area contributed by atoms with E-state index in [2.05, 4.69) is 28.5 Å². The number of hydrogen-bond donors (Lipinski definition) is 0. The van der Waals surface area contributed by atoms with Gasteiger partial charge in [0.15, 0.2) is 0 Å². The highest BCUT2D eigenvalue weighted by atomic mass is 31.0. The van der Waals surface area contributed by atoms with Crippen molar-refractivity contribution < 1.29 is 0 Å². The van der Waals surface area contributed by atoms with Crippen molar-refractivity contribution in [3.8, 4) is 0 Å². The lowest BCUT2D eigenvalue weighted by Gasteiger charge is -1.98. The molecule has 0 bridgehead atoms. The Morgan fingerprint density at radius 3 is 2.43 bits per heavy atom. The summed E-state index contributed by atoms with van der Waals surface area (Å²) in [6, 6.07) is 0. The Morgan fingerprint density at radius 1 is 1.71 bits per heavy atom. The molecule has 1 unspecified atom stereocenters. The maximum absolute atomic E-state index is 3.33. The average molecular weight is 116 g/mol. The van der Waals surface area contributed by atoms with Gasteiger partial charge in [-0.25, -0.2) is 0 Å². The van der Waals surface area contributed by atoms with Crippen LogP contribution in [0.25, 0.3) is 0 Å². The highest BCUT2D eigenvalue weighted by Gasteiger charge is 1.89. The molecule has 0 rings (SSSR count). The molecule has 0 aromatic carbocycles. The Morgan fingerprint density at radius 2 is 2.29 bits per heavy atom. The Balaban J connectivity index is 2.98. The van der Waals surface area contributed by atoms with E-state index in [-0.39, 0.29) is 0 Å². The average Bonchev–Trinajstić information content (AvgIpc) is 1.68. The summed E-state index contributed by atoms with van der Waals surface area (Å²) >= 11 is 0. The van der Waals surface area contributed by atoms with Crippen molar-refractivity contribution in [2.45, 2.75) is 26.7 Å². The summed E-state index contributed by atoms with van der Waals surface area (Å²) in [7, 11) is 3.33. The summed E-state index contributed by atoms with van der Waals surface area (Å²) in [6.07, 6.45) is 2.58. The van der Waals surface area contributed by atoms with E-state index < -0.39 is 0 Å². The second-order valence-corrected chi connectivity index (χ2v) is 2.27. The molecule has 0 N–H and O–H groups in total. The van der Waals surface area contributed by atoms with Gasteiger partial charge in [0.05, 0.1) is 0 Å². The smallest absolute Gasteiger partial charge is 0.0221 e. The lowest BCUT2D eigenvalue weighted by atomic mass is 10.1. The molecule has 0 aromatic heterocycles. The first kappa shape index (κ1) is 7.17. The summed E-state index contributed by atoms with van der Waals surface area (Å²) in [5.74, 6) is 2.80. The molecule has 42 valence electrons. The Hall–Kier alpha value is 0.170. The quantitative estimate of drug-likeness (QED) is 0.496. The van der Waals surface area contributed by atoms with E-state index in [9.17, 15) is 0 Å². The second-order valence-electron chi connectivity index (χ2n) is 1.93. The van der Waals surface area contributed by atoms with Crippen molar-refractivity contribution in [1.29, 1.82) is 0 Å². The van der Waals surface area contributed by atoms with Crippen molar-refractivity contribution in [2.24, 2.45) is 5.92 Å². The van der Waals surface area contributed by atoms with Crippen LogP contribution in [0.1, 0.15) is 26.7 Å². The number of hydrogen-bond acceptors (Lipinski definition) is 0. The second kappa shape index (κ2) is 4.33. The van der Waals surface area contributed by atoms with Crippen LogP contribution in [0.2, 0.25) is 0 Å². The summed E-state index contributed by atoms with van der Waals surface area (Å²) in [6.45, 7) is 4.41. The van der Waals surface area contributed by atoms with E-state index in [0.29, 0.717) is 0 Å². The highest BCUT2D eigenvalue weighted by Crippen LogP contribution is 2.00. The maximum Gasteiger partial charge on any atom is -0.0221 e. The molecule has 0 saturated carbocycles. The van der Waals surface area contributed by atoms with Gasteiger partial charge < -0.3 is 0 Å². The molecule has 1 heteroatoms. The largest absolute Gasteiger partial charge is 0.126 e. The van der Waals surface area contributed by atoms with Crippen LogP contribution in [0.5, 0.6) is 0 Å². The molecule has 0 fully saturated rings. The molecule has 0 saturated heterocycles. The van der Waals surface area contributed by atoms with Crippen molar-refractivity contribution in [1.82, 2.24) is 0 Å². The van der Waals surface area contributed by atoms with Crippen molar-refractivity contribution in [2.75, 3.05) is 0 Å². The predicted molar refractivity (Wildman–Crippen MR) is 38.5 cm³/mol. The molecule has 7 heavy (non-hydrogen) atoms. The van der Waals surface area contributed by atoms with Gasteiger partial charge in [0.1, 0.15) is 0 Å². The third kappa shape index (κ3) is 4.01. The zero-order valence-corrected chi connectivity index (χ0v) is 6.07. The van der Waals surface area contributed by atoms with Crippen LogP contribution in [0.4, 0.5) is 0 Å². The summed E-state index contributed by atoms with van der Waals surface area (Å²) in [4.78, 5) is 0. The minimum Gasteiger partial charge on any atom is -0.126 e. The molecule has 0 heterocycles. The lowest BCUT2D eigenvalue weighted by molar-refractivity contribution is 0.683. The molecule has 0 nitrogen and oxygen atoms in total. The van der Waals surface area contributed by atoms with Gasteiger partial charge in [0.2, 0.25) is 0 Å². The van der Waals surface area contributed by atoms with E-state index in [1.54, 1.807) is 0 Å². The van der Waals surface area contributed by atoms with E-state index in [0.717, 1.165) is 5.92 Å². The van der Waals surface area contributed by atoms with Gasteiger partial charge in [0, 0.05) is 0 Å². The van der Waals surface area contributed by atoms with Crippen LogP contribution in [0.3, 0.4) is 0 Å². The minimum absolute atomic E-state index is 0.738. The van der Waals surface area contributed by atoms with Gasteiger partial charge in [-0.05, 0) is 12.3 Å². The van der Waals surface area contributed by atoms with E-state index >= 15 is 0 Å². The van der Waals surface area contributed by atoms with Gasteiger partial charge in [-0.2, -0.15) is 0 Å². The van der Waals surface area contributed by atoms with Crippen molar-refractivity contribution >= 4 is 14.7 Å². The van der Waals surface area contributed by atoms with Crippen LogP contribution < -0.4 is 0 Å². The maximum atomic E-state index is 3.33. The lowest BCUT2D eigenvalue weighted by Crippen LogP contribution is -1.90. The van der Waals surface area contributed by atoms with Gasteiger partial charge >= 0.3 is 0 Å². The molecule has 0 spiro atoms. The van der Waals surface area contributed by atoms with Gasteiger partial charge in [0.25, 0.3) is 0 Å². The first-order valence-electron chi connectivity index (χ1n) is 2.81. The standard InChI is InChI=1S/C6H13P/c1-3-4-6(2)5-7/h5-7H,3-4H2,1-2H3. The normalized spacial score (nSPS) is 13.4. The molecule has 0 aliphatic carbocycles. The fraction of sp³-hybridized carbons (Fsp3) is 0.833. The van der Waals surface area contributed by atoms with E-state index in [1.165, 1.54) is 12.8 Å². The highest BCUT2D eigenvalue weighted by molar-refractivity contribution is 7.18. The van der Waals surface area contributed by atoms with Crippen LogP contribution >= 0.6 is 8.86 Å². The molecular weight excluding hydrogens is 103 g/mol. The first-order chi connectivity index (χ1) is 3.31. The molecule has 0 aliphatic rings. The van der Waals surface area contributed by atoms with Gasteiger partial charge in [-0.3, -0.25) is 0 Å². The third-order valence-corrected chi connectivity index (χ3v) is 1.60. The Kier molecular flexibility index (Phi) is 4.44. The Labute approximate surface area is 48.2 Å². The molecule has 0 aromatic rings. The van der Waals surface area contributed by atoms with Gasteiger partial charge in [-0.1, -0.05) is 26.1 Å². The monoisotopic (exact) mass is 116 g/mol. The zero-order chi connectivity index (χ0) is 5.70. The third-order valence-electron chi connectivity index (χ3n) is 1.03. The van der Waals surface area contributed by atoms with Crippen LogP contribution in [0, 0.1) is 5.92 Å². The molecule has 0 aliphatic heterocycles. The molecular formula is C6H13P. The summed E-state index contributed by atoms with van der Waals surface area (Å²) in [5.41, 5.74) is 0. The number of rotatable bonds is 3. The first-order valence-corrected chi connectivity index (χ1v) is 3.39. The fourth-order valence-corrected chi connectivity index (χ4v) is 0.705. The Bertz CT molecular complexity index is 50.1. The van der Waals surface area contributed by atoms with Crippen LogP contribution in [0.15, 0.2) is 0 Å². The minimum atomic E-state index is 0.738. The topological polar surface area (TPSA) is 0 Å². The van der Waals surface area contributed by atoms with E-state index in [4.69, 9.17) is 0 Å². The van der Waals surface area contributed by atoms with Crippen molar-refractivity contribution in [3.05, 3.63) is 0 Å². The molecule has 0 amide bonds. The van der Waals surface area contributed by atoms with Crippen molar-refractivity contribution in [3.63, 3.8) is 0 Å². The van der Waals surface area contributed by atoms with Crippen LogP contribution in [-0.2, 0) is 0 Å². The predicted octanol–water partition coefficient (Wildman–Crippen LogP) is 2.37. The molecule has 1 atom stereocenters.